The second kappa shape index (κ2) is 4.14. The van der Waals surface area contributed by atoms with Crippen molar-refractivity contribution in [2.45, 2.75) is 11.2 Å². The van der Waals surface area contributed by atoms with Crippen LogP contribution in [-0.2, 0) is 4.79 Å². The highest BCUT2D eigenvalue weighted by Crippen LogP contribution is 2.23. The lowest BCUT2D eigenvalue weighted by molar-refractivity contribution is -0.117. The van der Waals surface area contributed by atoms with Gasteiger partial charge < -0.3 is 4.74 Å². The van der Waals surface area contributed by atoms with Crippen molar-refractivity contribution >= 4 is 27.7 Å². The summed E-state index contributed by atoms with van der Waals surface area (Å²) in [6.45, 7) is 0.638. The van der Waals surface area contributed by atoms with Gasteiger partial charge in [-0.05, 0) is 6.07 Å². The molecule has 5 nitrogen and oxygen atoms in total. The Hall–Kier alpha value is -1.17. The van der Waals surface area contributed by atoms with Crippen LogP contribution in [0.3, 0.4) is 0 Å². The monoisotopic (exact) mass is 271 g/mol. The average molecular weight is 272 g/mol. The Balaban J connectivity index is 2.25. The van der Waals surface area contributed by atoms with E-state index in [4.69, 9.17) is 4.74 Å². The second-order valence-electron chi connectivity index (χ2n) is 3.21. The summed E-state index contributed by atoms with van der Waals surface area (Å²) < 4.78 is 4.90. The zero-order valence-electron chi connectivity index (χ0n) is 8.18. The molecule has 1 saturated heterocycles. The van der Waals surface area contributed by atoms with Crippen molar-refractivity contribution in [1.82, 2.24) is 9.97 Å². The Kier molecular flexibility index (Phi) is 2.86. The largest absolute Gasteiger partial charge is 0.467 e. The molecular formula is C9H10BrN3O2. The number of carbonyl (C=O) groups excluding carboxylic acids is 1. The minimum Gasteiger partial charge on any atom is -0.467 e. The van der Waals surface area contributed by atoms with Crippen molar-refractivity contribution in [2.75, 3.05) is 18.6 Å². The molecule has 1 aromatic rings. The summed E-state index contributed by atoms with van der Waals surface area (Å²) >= 11 is 3.41. The second-order valence-corrected chi connectivity index (χ2v) is 4.50. The van der Waals surface area contributed by atoms with Crippen molar-refractivity contribution in [3.63, 3.8) is 0 Å². The van der Waals surface area contributed by atoms with E-state index in [0.717, 1.165) is 0 Å². The van der Waals surface area contributed by atoms with Crippen LogP contribution in [0.1, 0.15) is 6.42 Å². The summed E-state index contributed by atoms with van der Waals surface area (Å²) in [5.41, 5.74) is 0. The molecule has 1 atom stereocenters. The van der Waals surface area contributed by atoms with Crippen molar-refractivity contribution < 1.29 is 9.53 Å². The van der Waals surface area contributed by atoms with Gasteiger partial charge in [0.05, 0.1) is 7.11 Å². The van der Waals surface area contributed by atoms with Gasteiger partial charge in [-0.15, -0.1) is 0 Å². The maximum atomic E-state index is 11.6. The number of alkyl halides is 1. The number of hydrogen-bond donors (Lipinski definition) is 0. The van der Waals surface area contributed by atoms with E-state index >= 15 is 0 Å². The molecule has 0 aliphatic carbocycles. The molecule has 0 radical (unpaired) electrons. The molecule has 1 unspecified atom stereocenters. The molecule has 0 spiro atoms. The molecule has 2 heterocycles. The minimum absolute atomic E-state index is 0.0672. The van der Waals surface area contributed by atoms with Crippen LogP contribution in [0.4, 0.5) is 5.82 Å². The molecule has 15 heavy (non-hydrogen) atoms. The SMILES string of the molecule is COc1nccc(N2CC(Br)CC2=O)n1. The lowest BCUT2D eigenvalue weighted by atomic mass is 10.4. The van der Waals surface area contributed by atoms with Gasteiger partial charge in [-0.1, -0.05) is 15.9 Å². The van der Waals surface area contributed by atoms with Gasteiger partial charge in [0.25, 0.3) is 0 Å². The van der Waals surface area contributed by atoms with E-state index in [2.05, 4.69) is 25.9 Å². The van der Waals surface area contributed by atoms with Gasteiger partial charge in [-0.3, -0.25) is 9.69 Å². The first kappa shape index (κ1) is 10.4. The van der Waals surface area contributed by atoms with Crippen LogP contribution in [-0.4, -0.2) is 34.4 Å². The minimum atomic E-state index is 0.0672. The number of anilines is 1. The topological polar surface area (TPSA) is 55.3 Å². The molecule has 1 aromatic heterocycles. The summed E-state index contributed by atoms with van der Waals surface area (Å²) in [6, 6.07) is 1.98. The van der Waals surface area contributed by atoms with Gasteiger partial charge >= 0.3 is 6.01 Å². The molecule has 0 saturated carbocycles. The van der Waals surface area contributed by atoms with Crippen LogP contribution in [0.2, 0.25) is 0 Å². The Bertz CT molecular complexity index is 385. The number of aromatic nitrogens is 2. The molecule has 0 N–H and O–H groups in total. The summed E-state index contributed by atoms with van der Waals surface area (Å²) in [5.74, 6) is 0.659. The highest BCUT2D eigenvalue weighted by atomic mass is 79.9. The normalized spacial score (nSPS) is 20.8. The Morgan fingerprint density at radius 2 is 2.47 bits per heavy atom. The van der Waals surface area contributed by atoms with Gasteiger partial charge in [0.15, 0.2) is 0 Å². The van der Waals surface area contributed by atoms with E-state index in [1.165, 1.54) is 7.11 Å². The molecule has 2 rings (SSSR count). The van der Waals surface area contributed by atoms with E-state index in [1.807, 2.05) is 0 Å². The lowest BCUT2D eigenvalue weighted by Crippen LogP contribution is -2.25. The van der Waals surface area contributed by atoms with Crippen molar-refractivity contribution in [3.05, 3.63) is 12.3 Å². The molecule has 1 aliphatic heterocycles. The number of amides is 1. The number of hydrogen-bond acceptors (Lipinski definition) is 4. The smallest absolute Gasteiger partial charge is 0.318 e. The van der Waals surface area contributed by atoms with Crippen LogP contribution >= 0.6 is 15.9 Å². The molecule has 0 aromatic carbocycles. The quantitative estimate of drug-likeness (QED) is 0.753. The van der Waals surface area contributed by atoms with Crippen LogP contribution in [0, 0.1) is 0 Å². The van der Waals surface area contributed by atoms with Gasteiger partial charge in [-0.2, -0.15) is 4.98 Å². The molecule has 0 bridgehead atoms. The van der Waals surface area contributed by atoms with Gasteiger partial charge in [0.1, 0.15) is 5.82 Å². The van der Waals surface area contributed by atoms with E-state index in [0.29, 0.717) is 18.8 Å². The van der Waals surface area contributed by atoms with Crippen molar-refractivity contribution in [3.8, 4) is 6.01 Å². The molecule has 1 amide bonds. The summed E-state index contributed by atoms with van der Waals surface area (Å²) in [7, 11) is 1.50. The third-order valence-corrected chi connectivity index (χ3v) is 2.77. The number of halogens is 1. The predicted molar refractivity (Wildman–Crippen MR) is 58.3 cm³/mol. The predicted octanol–water partition coefficient (Wildman–Crippen LogP) is 0.985. The molecule has 1 fully saturated rings. The number of rotatable bonds is 2. The third-order valence-electron chi connectivity index (χ3n) is 2.16. The Morgan fingerprint density at radius 3 is 3.07 bits per heavy atom. The highest BCUT2D eigenvalue weighted by Gasteiger charge is 2.29. The number of carbonyl (C=O) groups is 1. The van der Waals surface area contributed by atoms with Crippen molar-refractivity contribution in [1.29, 1.82) is 0 Å². The van der Waals surface area contributed by atoms with E-state index in [-0.39, 0.29) is 16.7 Å². The Labute approximate surface area is 95.6 Å². The van der Waals surface area contributed by atoms with Crippen LogP contribution in [0.5, 0.6) is 6.01 Å². The van der Waals surface area contributed by atoms with Crippen LogP contribution in [0.15, 0.2) is 12.3 Å². The first-order valence-corrected chi connectivity index (χ1v) is 5.43. The highest BCUT2D eigenvalue weighted by molar-refractivity contribution is 9.09. The van der Waals surface area contributed by atoms with Gasteiger partial charge in [0.2, 0.25) is 5.91 Å². The lowest BCUT2D eigenvalue weighted by Gasteiger charge is -2.14. The first-order chi connectivity index (χ1) is 7.20. The Morgan fingerprint density at radius 1 is 1.67 bits per heavy atom. The molecular weight excluding hydrogens is 262 g/mol. The molecule has 6 heteroatoms. The number of methoxy groups -OCH3 is 1. The van der Waals surface area contributed by atoms with Gasteiger partial charge in [0, 0.05) is 24.0 Å². The van der Waals surface area contributed by atoms with E-state index in [9.17, 15) is 4.79 Å². The number of ether oxygens (including phenoxy) is 1. The first-order valence-electron chi connectivity index (χ1n) is 4.52. The third kappa shape index (κ3) is 2.09. The standard InChI is InChI=1S/C9H10BrN3O2/c1-15-9-11-3-2-7(12-9)13-5-6(10)4-8(13)14/h2-3,6H,4-5H2,1H3. The summed E-state index contributed by atoms with van der Waals surface area (Å²) in [6.07, 6.45) is 2.09. The average Bonchev–Trinajstić information content (AvgIpc) is 2.58. The molecule has 1 aliphatic rings. The van der Waals surface area contributed by atoms with Gasteiger partial charge in [-0.25, -0.2) is 4.98 Å². The van der Waals surface area contributed by atoms with E-state index in [1.54, 1.807) is 17.2 Å². The van der Waals surface area contributed by atoms with E-state index < -0.39 is 0 Å². The van der Waals surface area contributed by atoms with Crippen LogP contribution in [0.25, 0.3) is 0 Å². The zero-order chi connectivity index (χ0) is 10.8. The maximum Gasteiger partial charge on any atom is 0.318 e. The fraction of sp³-hybridized carbons (Fsp3) is 0.444. The zero-order valence-corrected chi connectivity index (χ0v) is 9.77. The fourth-order valence-corrected chi connectivity index (χ4v) is 2.03. The number of nitrogens with zero attached hydrogens (tertiary/aromatic N) is 3. The van der Waals surface area contributed by atoms with Crippen molar-refractivity contribution in [2.24, 2.45) is 0 Å². The maximum absolute atomic E-state index is 11.6. The summed E-state index contributed by atoms with van der Waals surface area (Å²) in [4.78, 5) is 21.4. The fourth-order valence-electron chi connectivity index (χ4n) is 1.47. The molecule has 80 valence electrons. The summed E-state index contributed by atoms with van der Waals surface area (Å²) in [5, 5.41) is 0. The van der Waals surface area contributed by atoms with Crippen LogP contribution < -0.4 is 9.64 Å².